The average Bonchev–Trinajstić information content (AvgIpc) is 2.58. The van der Waals surface area contributed by atoms with Crippen molar-refractivity contribution >= 4 is 46.6 Å². The van der Waals surface area contributed by atoms with Gasteiger partial charge in [-0.3, -0.25) is 14.9 Å². The summed E-state index contributed by atoms with van der Waals surface area (Å²) in [6.07, 6.45) is -3.85. The second-order valence-corrected chi connectivity index (χ2v) is 6.93. The molecule has 0 atom stereocenters. The predicted octanol–water partition coefficient (Wildman–Crippen LogP) is 4.84. The van der Waals surface area contributed by atoms with E-state index in [1.54, 1.807) is 0 Å². The van der Waals surface area contributed by atoms with E-state index < -0.39 is 22.6 Å². The van der Waals surface area contributed by atoms with Gasteiger partial charge in [-0.1, -0.05) is 23.2 Å². The van der Waals surface area contributed by atoms with Gasteiger partial charge in [0.15, 0.2) is 0 Å². The molecule has 0 saturated heterocycles. The third-order valence-corrected chi connectivity index (χ3v) is 4.89. The maximum Gasteiger partial charge on any atom is 0.417 e. The first-order valence-electron chi connectivity index (χ1n) is 7.17. The van der Waals surface area contributed by atoms with Crippen molar-refractivity contribution in [3.8, 4) is 0 Å². The third-order valence-electron chi connectivity index (χ3n) is 3.17. The first-order chi connectivity index (χ1) is 12.6. The van der Waals surface area contributed by atoms with Gasteiger partial charge in [-0.05, 0) is 18.2 Å². The van der Waals surface area contributed by atoms with E-state index in [0.29, 0.717) is 6.20 Å². The zero-order chi connectivity index (χ0) is 20.2. The lowest BCUT2D eigenvalue weighted by Gasteiger charge is -2.09. The van der Waals surface area contributed by atoms with Crippen molar-refractivity contribution in [1.82, 2.24) is 10.3 Å². The molecular weight excluding hydrogens is 430 g/mol. The molecule has 12 heteroatoms. The van der Waals surface area contributed by atoms with Crippen molar-refractivity contribution in [2.45, 2.75) is 11.2 Å². The number of nitrogens with zero attached hydrogens (tertiary/aromatic N) is 2. The fraction of sp³-hybridized carbons (Fsp3) is 0.200. The SMILES string of the molecule is O=C(NCCSc1ncc(C(F)(F)F)cc1Cl)c1ccc(Cl)c([N+](=O)[O-])c1. The molecule has 0 spiro atoms. The number of hydrogen-bond acceptors (Lipinski definition) is 5. The summed E-state index contributed by atoms with van der Waals surface area (Å²) in [5.41, 5.74) is -1.28. The molecule has 0 aliphatic rings. The number of rotatable bonds is 6. The second-order valence-electron chi connectivity index (χ2n) is 5.04. The Hall–Kier alpha value is -2.04. The molecule has 2 rings (SSSR count). The molecule has 27 heavy (non-hydrogen) atoms. The zero-order valence-electron chi connectivity index (χ0n) is 13.2. The van der Waals surface area contributed by atoms with E-state index in [2.05, 4.69) is 10.3 Å². The quantitative estimate of drug-likeness (QED) is 0.301. The van der Waals surface area contributed by atoms with Gasteiger partial charge >= 0.3 is 6.18 Å². The summed E-state index contributed by atoms with van der Waals surface area (Å²) < 4.78 is 37.7. The Labute approximate surface area is 165 Å². The summed E-state index contributed by atoms with van der Waals surface area (Å²) in [5, 5.41) is 13.3. The second kappa shape index (κ2) is 8.77. The topological polar surface area (TPSA) is 85.1 Å². The number of nitro benzene ring substituents is 1. The number of thioether (sulfide) groups is 1. The minimum absolute atomic E-state index is 0.0572. The maximum atomic E-state index is 12.6. The number of aromatic nitrogens is 1. The van der Waals surface area contributed by atoms with Gasteiger partial charge in [-0.2, -0.15) is 13.2 Å². The van der Waals surface area contributed by atoms with Crippen LogP contribution in [-0.4, -0.2) is 28.1 Å². The van der Waals surface area contributed by atoms with E-state index in [1.165, 1.54) is 12.1 Å². The van der Waals surface area contributed by atoms with Crippen LogP contribution in [-0.2, 0) is 6.18 Å². The number of carbonyl (C=O) groups excluding carboxylic acids is 1. The van der Waals surface area contributed by atoms with Crippen LogP contribution in [0, 0.1) is 10.1 Å². The minimum Gasteiger partial charge on any atom is -0.351 e. The maximum absolute atomic E-state index is 12.6. The van der Waals surface area contributed by atoms with Gasteiger partial charge < -0.3 is 5.32 Å². The van der Waals surface area contributed by atoms with E-state index in [0.717, 1.165) is 23.9 Å². The van der Waals surface area contributed by atoms with Crippen molar-refractivity contribution < 1.29 is 22.9 Å². The number of benzene rings is 1. The molecule has 1 aromatic carbocycles. The monoisotopic (exact) mass is 439 g/mol. The number of halogens is 5. The predicted molar refractivity (Wildman–Crippen MR) is 95.4 cm³/mol. The standard InChI is InChI=1S/C15H10Cl2F3N3O3S/c16-10-2-1-8(5-12(10)23(25)26)13(24)21-3-4-27-14-11(17)6-9(7-22-14)15(18,19)20/h1-2,5-7H,3-4H2,(H,21,24). The molecule has 0 saturated carbocycles. The Bertz CT molecular complexity index is 881. The summed E-state index contributed by atoms with van der Waals surface area (Å²) in [4.78, 5) is 25.8. The molecular formula is C15H10Cl2F3N3O3S. The van der Waals surface area contributed by atoms with Crippen LogP contribution in [0.15, 0.2) is 35.5 Å². The van der Waals surface area contributed by atoms with Gasteiger partial charge in [0.25, 0.3) is 11.6 Å². The largest absolute Gasteiger partial charge is 0.417 e. The first kappa shape index (κ1) is 21.3. The zero-order valence-corrected chi connectivity index (χ0v) is 15.5. The van der Waals surface area contributed by atoms with Gasteiger partial charge in [0, 0.05) is 30.1 Å². The Kier molecular flexibility index (Phi) is 6.90. The summed E-state index contributed by atoms with van der Waals surface area (Å²) in [7, 11) is 0. The molecule has 1 aromatic heterocycles. The van der Waals surface area contributed by atoms with Gasteiger partial charge in [-0.15, -0.1) is 11.8 Å². The number of carbonyl (C=O) groups is 1. The van der Waals surface area contributed by atoms with Crippen molar-refractivity contribution in [3.05, 3.63) is 61.7 Å². The van der Waals surface area contributed by atoms with Crippen LogP contribution in [0.5, 0.6) is 0 Å². The highest BCUT2D eigenvalue weighted by Crippen LogP contribution is 2.33. The molecule has 1 N–H and O–H groups in total. The van der Waals surface area contributed by atoms with Crippen LogP contribution in [0.3, 0.4) is 0 Å². The summed E-state index contributed by atoms with van der Waals surface area (Å²) in [6.45, 7) is 0.138. The highest BCUT2D eigenvalue weighted by atomic mass is 35.5. The summed E-state index contributed by atoms with van der Waals surface area (Å²) in [6, 6.07) is 4.42. The highest BCUT2D eigenvalue weighted by molar-refractivity contribution is 7.99. The van der Waals surface area contributed by atoms with Crippen molar-refractivity contribution in [1.29, 1.82) is 0 Å². The molecule has 0 radical (unpaired) electrons. The number of pyridine rings is 1. The molecule has 0 aliphatic carbocycles. The number of nitro groups is 1. The third kappa shape index (κ3) is 5.72. The number of nitrogens with one attached hydrogen (secondary N) is 1. The smallest absolute Gasteiger partial charge is 0.351 e. The van der Waals surface area contributed by atoms with E-state index in [-0.39, 0.29) is 38.6 Å². The van der Waals surface area contributed by atoms with Gasteiger partial charge in [-0.25, -0.2) is 4.98 Å². The van der Waals surface area contributed by atoms with Crippen LogP contribution in [0.2, 0.25) is 10.0 Å². The highest BCUT2D eigenvalue weighted by Gasteiger charge is 2.31. The lowest BCUT2D eigenvalue weighted by atomic mass is 10.2. The van der Waals surface area contributed by atoms with Gasteiger partial charge in [0.2, 0.25) is 0 Å². The van der Waals surface area contributed by atoms with Crippen molar-refractivity contribution in [3.63, 3.8) is 0 Å². The minimum atomic E-state index is -4.53. The average molecular weight is 440 g/mol. The van der Waals surface area contributed by atoms with Crippen LogP contribution >= 0.6 is 35.0 Å². The molecule has 144 valence electrons. The van der Waals surface area contributed by atoms with Crippen LogP contribution < -0.4 is 5.32 Å². The number of hydrogen-bond donors (Lipinski definition) is 1. The Morgan fingerprint density at radius 2 is 1.96 bits per heavy atom. The molecule has 6 nitrogen and oxygen atoms in total. The normalized spacial score (nSPS) is 11.3. The fourth-order valence-electron chi connectivity index (χ4n) is 1.89. The first-order valence-corrected chi connectivity index (χ1v) is 8.91. The lowest BCUT2D eigenvalue weighted by Crippen LogP contribution is -2.25. The fourth-order valence-corrected chi connectivity index (χ4v) is 3.13. The lowest BCUT2D eigenvalue weighted by molar-refractivity contribution is -0.384. The molecule has 0 fully saturated rings. The van der Waals surface area contributed by atoms with E-state index in [9.17, 15) is 28.1 Å². The van der Waals surface area contributed by atoms with E-state index in [1.807, 2.05) is 0 Å². The van der Waals surface area contributed by atoms with Gasteiger partial charge in [0.1, 0.15) is 10.0 Å². The number of alkyl halides is 3. The van der Waals surface area contributed by atoms with Crippen LogP contribution in [0.25, 0.3) is 0 Å². The van der Waals surface area contributed by atoms with Crippen LogP contribution in [0.1, 0.15) is 15.9 Å². The Morgan fingerprint density at radius 3 is 2.56 bits per heavy atom. The molecule has 0 unspecified atom stereocenters. The van der Waals surface area contributed by atoms with E-state index >= 15 is 0 Å². The Morgan fingerprint density at radius 1 is 1.26 bits per heavy atom. The molecule has 1 heterocycles. The van der Waals surface area contributed by atoms with Crippen molar-refractivity contribution in [2.24, 2.45) is 0 Å². The molecule has 1 amide bonds. The van der Waals surface area contributed by atoms with Crippen molar-refractivity contribution in [2.75, 3.05) is 12.3 Å². The summed E-state index contributed by atoms with van der Waals surface area (Å²) in [5.74, 6) is -0.277. The molecule has 0 bridgehead atoms. The van der Waals surface area contributed by atoms with E-state index in [4.69, 9.17) is 23.2 Å². The molecule has 2 aromatic rings. The number of amides is 1. The van der Waals surface area contributed by atoms with Gasteiger partial charge in [0.05, 0.1) is 15.5 Å². The summed E-state index contributed by atoms with van der Waals surface area (Å²) >= 11 is 12.5. The Balaban J connectivity index is 1.91. The van der Waals surface area contributed by atoms with Crippen LogP contribution in [0.4, 0.5) is 18.9 Å². The molecule has 0 aliphatic heterocycles.